The Morgan fingerprint density at radius 2 is 1.35 bits per heavy atom. The molecule has 5 heterocycles. The molecule has 3 aliphatic heterocycles. The lowest BCUT2D eigenvalue weighted by Gasteiger charge is -2.49. The third kappa shape index (κ3) is 18.1. The highest BCUT2D eigenvalue weighted by atomic mass is 127. The molecule has 3 unspecified atom stereocenters. The van der Waals surface area contributed by atoms with Crippen molar-refractivity contribution in [1.29, 1.82) is 0 Å². The van der Waals surface area contributed by atoms with Gasteiger partial charge in [0.1, 0.15) is 35.0 Å². The van der Waals surface area contributed by atoms with E-state index in [9.17, 15) is 14.4 Å². The van der Waals surface area contributed by atoms with E-state index in [4.69, 9.17) is 57.0 Å². The molecule has 12 rings (SSSR count). The third-order valence-corrected chi connectivity index (χ3v) is 20.8. The molecule has 0 saturated carbocycles. The van der Waals surface area contributed by atoms with Crippen molar-refractivity contribution in [3.63, 3.8) is 0 Å². The molecule has 1 fully saturated rings. The number of aryl methyl sites for hydroxylation is 1. The minimum absolute atomic E-state index is 0. The molecule has 544 valence electrons. The summed E-state index contributed by atoms with van der Waals surface area (Å²) in [6.07, 6.45) is 2.05. The van der Waals surface area contributed by atoms with Crippen molar-refractivity contribution in [3.8, 4) is 17.2 Å². The van der Waals surface area contributed by atoms with Gasteiger partial charge in [0.2, 0.25) is 23.5 Å². The number of ether oxygens (including phenoxy) is 9. The molecule has 20 nitrogen and oxygen atoms in total. The van der Waals surface area contributed by atoms with Crippen LogP contribution in [0.3, 0.4) is 0 Å². The van der Waals surface area contributed by atoms with Gasteiger partial charge >= 0.3 is 11.9 Å². The largest absolute Gasteiger partial charge is 1.00 e. The summed E-state index contributed by atoms with van der Waals surface area (Å²) in [5.41, 5.74) is 3.99. The number of β-lactam (4-membered cyclic amide) rings is 1. The number of amidine groups is 1. The van der Waals surface area contributed by atoms with Crippen LogP contribution in [0.25, 0.3) is 10.2 Å². The Balaban J connectivity index is 0.0000110. The van der Waals surface area contributed by atoms with Crippen LogP contribution in [0.4, 0.5) is 8.78 Å². The van der Waals surface area contributed by atoms with E-state index < -0.39 is 112 Å². The summed E-state index contributed by atoms with van der Waals surface area (Å²) in [5, 5.41) is 10.8. The number of halogens is 3. The first-order valence-electron chi connectivity index (χ1n) is 33.2. The molecule has 105 heavy (non-hydrogen) atoms. The van der Waals surface area contributed by atoms with Crippen LogP contribution < -0.4 is 53.4 Å². The van der Waals surface area contributed by atoms with Gasteiger partial charge in [-0.15, -0.1) is 11.8 Å². The van der Waals surface area contributed by atoms with E-state index in [1.165, 1.54) is 30.9 Å². The summed E-state index contributed by atoms with van der Waals surface area (Å²) in [6.45, 7) is 1.66. The highest BCUT2D eigenvalue weighted by Gasteiger charge is 2.54. The van der Waals surface area contributed by atoms with E-state index in [1.807, 2.05) is 115 Å². The van der Waals surface area contributed by atoms with Crippen LogP contribution in [0, 0.1) is 18.6 Å². The molecule has 9 aromatic rings. The fraction of sp³-hybridized carbons (Fsp3) is 0.241. The van der Waals surface area contributed by atoms with E-state index in [-0.39, 0.29) is 73.6 Å². The topological polar surface area (TPSA) is 216 Å². The van der Waals surface area contributed by atoms with Crippen molar-refractivity contribution in [2.24, 2.45) is 9.52 Å². The Labute approximate surface area is 634 Å². The molecule has 1 saturated heterocycles. The summed E-state index contributed by atoms with van der Waals surface area (Å²) >= 11 is 3.01. The van der Waals surface area contributed by atoms with Crippen LogP contribution in [0.2, 0.25) is 0 Å². The molecule has 2 aromatic heterocycles. The highest BCUT2D eigenvalue weighted by Crippen LogP contribution is 2.44. The number of aliphatic imine (C=N–C) groups is 1. The zero-order valence-electron chi connectivity index (χ0n) is 57.6. The van der Waals surface area contributed by atoms with Crippen molar-refractivity contribution in [2.45, 2.75) is 55.7 Å². The summed E-state index contributed by atoms with van der Waals surface area (Å²) in [5.74, 6) is -6.14. The number of hydrogen-bond donors (Lipinski definition) is 2. The van der Waals surface area contributed by atoms with E-state index in [0.29, 0.717) is 40.3 Å². The molecule has 0 bridgehead atoms. The van der Waals surface area contributed by atoms with Gasteiger partial charge in [0, 0.05) is 47.7 Å². The maximum absolute atomic E-state index is 17.9. The zero-order valence-corrected chi connectivity index (χ0v) is 62.2. The average molecular weight is 1590 g/mol. The highest BCUT2D eigenvalue weighted by molar-refractivity contribution is 8.05. The summed E-state index contributed by atoms with van der Waals surface area (Å²) in [4.78, 5) is 73.3. The predicted octanol–water partition coefficient (Wildman–Crippen LogP) is 9.73. The number of aromatic nitrogens is 1. The third-order valence-electron chi connectivity index (χ3n) is 17.2. The Morgan fingerprint density at radius 1 is 0.762 bits per heavy atom. The van der Waals surface area contributed by atoms with Gasteiger partial charge in [0.15, 0.2) is 49.2 Å². The quantitative estimate of drug-likeness (QED) is 0.00572. The molecular formula is C79H75F2IN6O14S3. The minimum atomic E-state index is -2.21. The van der Waals surface area contributed by atoms with Gasteiger partial charge in [-0.05, 0) is 87.2 Å². The molecule has 2 N–H and O–H groups in total. The Kier molecular flexibility index (Phi) is 27.0. The normalized spacial score (nSPS) is 15.9. The van der Waals surface area contributed by atoms with Crippen molar-refractivity contribution in [1.82, 2.24) is 15.5 Å². The first-order valence-corrected chi connectivity index (χ1v) is 36.4. The molecule has 26 heteroatoms. The number of pyridine rings is 1. The fourth-order valence-corrected chi connectivity index (χ4v) is 15.6. The molecule has 4 atom stereocenters. The summed E-state index contributed by atoms with van der Waals surface area (Å²) < 4.78 is 92.1. The number of thioether (sulfide) groups is 1. The monoisotopic (exact) mass is 1590 g/mol. The van der Waals surface area contributed by atoms with Gasteiger partial charge in [0.05, 0.1) is 51.0 Å². The summed E-state index contributed by atoms with van der Waals surface area (Å²) in [7, 11) is 2.73. The van der Waals surface area contributed by atoms with Crippen molar-refractivity contribution in [3.05, 3.63) is 296 Å². The van der Waals surface area contributed by atoms with Crippen LogP contribution in [0.1, 0.15) is 63.1 Å². The number of benzene rings is 7. The van der Waals surface area contributed by atoms with E-state index in [1.54, 1.807) is 109 Å². The first-order chi connectivity index (χ1) is 50.9. The second-order valence-corrected chi connectivity index (χ2v) is 27.3. The number of nitrogens with one attached hydrogen (secondary N) is 2. The molecule has 0 spiro atoms. The number of esters is 2. The standard InChI is InChI=1S/C79H74F2N6O14S3.HI/c1-52-36-39-86(74-62(52)37-44-102-74)38-20-25-56-48-103-75-67(73(89)87(75)68(56)76(90)97-47-53-32-34-61(94-4)35-33-53)83-65(88)45-60-49-104(78(82-60)84-79(57-26-14-7-15-27-57,58-28-16-8-17-29-58)59-30-18-9-19-31-59)85-101-70(77(91)100-69(54-21-10-5-11-22-54)55-23-12-6-13-24-55)63-46-64(80)71(98-50-95-42-40-92-2)72(66(63)81)99-51-96-43-41-93-3;/h5-37,39,44,46,49,67,69-70,75H,38,40-43,45,47-48,50-51H2,1-4H3,(H-,82,83,84,88);1H/t67-,70?,75?,104?;/m0./s1. The van der Waals surface area contributed by atoms with Crippen molar-refractivity contribution >= 4 is 72.9 Å². The second kappa shape index (κ2) is 37.0. The lowest BCUT2D eigenvalue weighted by atomic mass is 9.77. The number of carbonyl (C=O) groups is 4. The number of rotatable bonds is 33. The molecule has 3 aliphatic rings. The number of carbonyl (C=O) groups excluding carboxylic acids is 4. The van der Waals surface area contributed by atoms with Crippen LogP contribution in [0.5, 0.6) is 17.2 Å². The smallest absolute Gasteiger partial charge is 0.355 e. The zero-order chi connectivity index (χ0) is 72.4. The van der Waals surface area contributed by atoms with Gasteiger partial charge in [-0.2, -0.15) is 4.57 Å². The number of fused-ring (bicyclic) bond motifs is 2. The molecule has 0 radical (unpaired) electrons. The van der Waals surface area contributed by atoms with Crippen molar-refractivity contribution in [2.75, 3.05) is 67.1 Å². The number of nitrogens with zero attached hydrogens (tertiary/aromatic N) is 4. The van der Waals surface area contributed by atoms with E-state index in [0.717, 1.165) is 38.5 Å². The maximum atomic E-state index is 17.9. The van der Waals surface area contributed by atoms with E-state index >= 15 is 13.6 Å². The first kappa shape index (κ1) is 76.6. The lowest BCUT2D eigenvalue weighted by molar-refractivity contribution is -0.659. The molecule has 0 aliphatic carbocycles. The number of amides is 2. The predicted molar refractivity (Wildman–Crippen MR) is 391 cm³/mol. The minimum Gasteiger partial charge on any atom is -1.00 e. The number of methoxy groups -OCH3 is 3. The lowest BCUT2D eigenvalue weighted by Crippen LogP contribution is -3.00. The SMILES string of the molecule is COCCOCOc1c(F)cc(C(ON=S2C=C(CC(=O)N[C@H]3C(=O)N4C(C(=O)OCc5ccc(OC)cc5)=C(C=CC[n+]5ccc(C)c6ccsc65)CSC34)N=C2NC(c2ccccc2)(c2ccccc2)c2ccccc2)C(=O)OC(c2ccccc2)c2ccccc2)c(F)c1OCOCCOC.[I-]. The van der Waals surface area contributed by atoms with Crippen molar-refractivity contribution < 1.29 is 104 Å². The fourth-order valence-electron chi connectivity index (χ4n) is 12.0. The van der Waals surface area contributed by atoms with Crippen LogP contribution in [-0.4, -0.2) is 112 Å². The van der Waals surface area contributed by atoms with E-state index in [2.05, 4.69) is 34.3 Å². The maximum Gasteiger partial charge on any atom is 0.355 e. The number of allylic oxidation sites excluding steroid dienone is 2. The van der Waals surface area contributed by atoms with Gasteiger partial charge in [-0.25, -0.2) is 28.2 Å². The average Bonchev–Trinajstić information content (AvgIpc) is 1.68. The van der Waals surface area contributed by atoms with Gasteiger partial charge in [-0.3, -0.25) is 14.5 Å². The second-order valence-electron chi connectivity index (χ2n) is 23.9. The molecule has 7 aromatic carbocycles. The van der Waals surface area contributed by atoms with Gasteiger partial charge < -0.3 is 77.2 Å². The number of hydrogen-bond acceptors (Lipinski definition) is 19. The van der Waals surface area contributed by atoms with Gasteiger partial charge in [-0.1, -0.05) is 186 Å². The Morgan fingerprint density at radius 3 is 1.94 bits per heavy atom. The number of thiophene rings is 1. The van der Waals surface area contributed by atoms with Crippen LogP contribution in [-0.2, 0) is 81.8 Å². The summed E-state index contributed by atoms with van der Waals surface area (Å²) in [6, 6.07) is 57.3. The van der Waals surface area contributed by atoms with Gasteiger partial charge in [0.25, 0.3) is 10.7 Å². The molecule has 2 amide bonds. The van der Waals surface area contributed by atoms with Crippen LogP contribution >= 0.6 is 23.1 Å². The molecular weight excluding hydrogens is 1520 g/mol. The Hall–Kier alpha value is -9.49. The Bertz CT molecular complexity index is 4520. The van der Waals surface area contributed by atoms with Crippen LogP contribution in [0.15, 0.2) is 250 Å².